The third-order valence-electron chi connectivity index (χ3n) is 3.30. The molecule has 1 rings (SSSR count). The van der Waals surface area contributed by atoms with E-state index in [1.54, 1.807) is 13.8 Å². The van der Waals surface area contributed by atoms with Crippen LogP contribution in [0, 0.1) is 0 Å². The van der Waals surface area contributed by atoms with Crippen molar-refractivity contribution in [2.24, 2.45) is 0 Å². The van der Waals surface area contributed by atoms with Gasteiger partial charge in [0.2, 0.25) is 0 Å². The average Bonchev–Trinajstić information content (AvgIpc) is 3.03. The van der Waals surface area contributed by atoms with Crippen LogP contribution in [0.1, 0.15) is 27.7 Å². The van der Waals surface area contributed by atoms with Crippen LogP contribution in [-0.4, -0.2) is 77.8 Å². The summed E-state index contributed by atoms with van der Waals surface area (Å²) in [5.74, 6) is 0. The molecule has 10 heteroatoms. The molecule has 0 aliphatic rings. The van der Waals surface area contributed by atoms with Gasteiger partial charge < -0.3 is 9.64 Å². The lowest BCUT2D eigenvalue weighted by atomic mass is 10.5. The zero-order valence-electron chi connectivity index (χ0n) is 14.1. The van der Waals surface area contributed by atoms with Gasteiger partial charge in [-0.2, -0.15) is 8.99 Å². The molecule has 0 fully saturated rings. The molecule has 0 atom stereocenters. The third kappa shape index (κ3) is 4.72. The molecule has 0 radical (unpaired) electrons. The van der Waals surface area contributed by atoms with E-state index in [0.29, 0.717) is 39.4 Å². The number of hydrogen-bond donors (Lipinski definition) is 0. The van der Waals surface area contributed by atoms with E-state index >= 15 is 0 Å². The van der Waals surface area contributed by atoms with Crippen LogP contribution in [0.2, 0.25) is 0 Å². The number of rotatable bonds is 9. The number of aromatic nitrogens is 3. The van der Waals surface area contributed by atoms with Crippen molar-refractivity contribution in [1.82, 2.24) is 24.0 Å². The SMILES string of the molecule is CCOCCN(CC)C(=O)n1cnc(S(=O)(=O)N(CC)CC)n1. The standard InChI is InChI=1S/C13H25N5O4S/c1-5-16(9-10-22-8-4)13(19)18-11-14-12(15-18)23(20,21)17(6-2)7-3/h11H,5-10H2,1-4H3. The summed E-state index contributed by atoms with van der Waals surface area (Å²) in [5, 5.41) is 3.47. The second kappa shape index (κ2) is 8.94. The van der Waals surface area contributed by atoms with Crippen LogP contribution in [0.25, 0.3) is 0 Å². The Bertz CT molecular complexity index is 597. The number of carbonyl (C=O) groups excluding carboxylic acids is 1. The minimum absolute atomic E-state index is 0.316. The van der Waals surface area contributed by atoms with Crippen molar-refractivity contribution in [3.8, 4) is 0 Å². The number of amides is 1. The maximum absolute atomic E-state index is 12.3. The van der Waals surface area contributed by atoms with Crippen LogP contribution in [0.15, 0.2) is 11.5 Å². The monoisotopic (exact) mass is 347 g/mol. The highest BCUT2D eigenvalue weighted by molar-refractivity contribution is 7.88. The molecule has 0 aliphatic heterocycles. The lowest BCUT2D eigenvalue weighted by Crippen LogP contribution is -2.37. The number of sulfonamides is 1. The highest BCUT2D eigenvalue weighted by Gasteiger charge is 2.27. The van der Waals surface area contributed by atoms with Gasteiger partial charge in [0.05, 0.1) is 6.61 Å². The molecule has 0 unspecified atom stereocenters. The molecule has 0 bridgehead atoms. The Morgan fingerprint density at radius 1 is 1.22 bits per heavy atom. The molecule has 0 N–H and O–H groups in total. The molecule has 1 amide bonds. The molecule has 0 saturated carbocycles. The second-order valence-corrected chi connectivity index (χ2v) is 6.45. The van der Waals surface area contributed by atoms with Crippen LogP contribution < -0.4 is 0 Å². The summed E-state index contributed by atoms with van der Waals surface area (Å²) in [5.41, 5.74) is 0. The van der Waals surface area contributed by atoms with E-state index in [1.807, 2.05) is 13.8 Å². The van der Waals surface area contributed by atoms with E-state index in [0.717, 1.165) is 11.0 Å². The van der Waals surface area contributed by atoms with E-state index in [2.05, 4.69) is 10.1 Å². The van der Waals surface area contributed by atoms with Gasteiger partial charge in [-0.25, -0.2) is 18.2 Å². The van der Waals surface area contributed by atoms with Crippen molar-refractivity contribution in [3.63, 3.8) is 0 Å². The zero-order chi connectivity index (χ0) is 17.5. The molecule has 23 heavy (non-hydrogen) atoms. The minimum Gasteiger partial charge on any atom is -0.380 e. The van der Waals surface area contributed by atoms with Crippen LogP contribution >= 0.6 is 0 Å². The van der Waals surface area contributed by atoms with E-state index < -0.39 is 16.1 Å². The molecule has 1 heterocycles. The third-order valence-corrected chi connectivity index (χ3v) is 5.15. The minimum atomic E-state index is -3.77. The number of nitrogens with zero attached hydrogens (tertiary/aromatic N) is 5. The summed E-state index contributed by atoms with van der Waals surface area (Å²) in [6.45, 7) is 9.65. The fraction of sp³-hybridized carbons (Fsp3) is 0.769. The predicted molar refractivity (Wildman–Crippen MR) is 84.7 cm³/mol. The number of carbonyl (C=O) groups is 1. The summed E-state index contributed by atoms with van der Waals surface area (Å²) >= 11 is 0. The smallest absolute Gasteiger partial charge is 0.346 e. The van der Waals surface area contributed by atoms with E-state index in [1.165, 1.54) is 9.21 Å². The molecule has 1 aromatic heterocycles. The first-order valence-corrected chi connectivity index (χ1v) is 9.15. The van der Waals surface area contributed by atoms with Crippen molar-refractivity contribution in [1.29, 1.82) is 0 Å². The Labute approximate surface area is 137 Å². The quantitative estimate of drug-likeness (QED) is 0.608. The topological polar surface area (TPSA) is 97.6 Å². The van der Waals surface area contributed by atoms with Crippen molar-refractivity contribution >= 4 is 16.1 Å². The highest BCUT2D eigenvalue weighted by Crippen LogP contribution is 2.10. The summed E-state index contributed by atoms with van der Waals surface area (Å²) < 4.78 is 32.1. The van der Waals surface area contributed by atoms with Gasteiger partial charge in [-0.05, 0) is 13.8 Å². The Balaban J connectivity index is 2.91. The molecule has 0 aliphatic carbocycles. The fourth-order valence-corrected chi connectivity index (χ4v) is 3.27. The molecule has 1 aromatic rings. The van der Waals surface area contributed by atoms with Gasteiger partial charge in [-0.15, -0.1) is 5.10 Å². The fourth-order valence-electron chi connectivity index (χ4n) is 1.99. The lowest BCUT2D eigenvalue weighted by Gasteiger charge is -2.19. The molecule has 132 valence electrons. The number of ether oxygens (including phenoxy) is 1. The van der Waals surface area contributed by atoms with Crippen LogP contribution in [-0.2, 0) is 14.8 Å². The Morgan fingerprint density at radius 2 is 1.87 bits per heavy atom. The zero-order valence-corrected chi connectivity index (χ0v) is 14.9. The van der Waals surface area contributed by atoms with E-state index in [-0.39, 0.29) is 5.16 Å². The van der Waals surface area contributed by atoms with Crippen LogP contribution in [0.4, 0.5) is 4.79 Å². The first-order valence-electron chi connectivity index (χ1n) is 7.71. The van der Waals surface area contributed by atoms with Gasteiger partial charge in [0, 0.05) is 32.8 Å². The van der Waals surface area contributed by atoms with E-state index in [4.69, 9.17) is 4.74 Å². The second-order valence-electron chi connectivity index (χ2n) is 4.62. The van der Waals surface area contributed by atoms with Gasteiger partial charge in [0.15, 0.2) is 0 Å². The van der Waals surface area contributed by atoms with Crippen molar-refractivity contribution in [3.05, 3.63) is 6.33 Å². The molecule has 0 spiro atoms. The average molecular weight is 347 g/mol. The Kier molecular flexibility index (Phi) is 7.59. The summed E-state index contributed by atoms with van der Waals surface area (Å²) in [4.78, 5) is 17.6. The summed E-state index contributed by atoms with van der Waals surface area (Å²) in [6.07, 6.45) is 1.13. The van der Waals surface area contributed by atoms with Gasteiger partial charge in [-0.3, -0.25) is 0 Å². The van der Waals surface area contributed by atoms with Crippen molar-refractivity contribution in [2.75, 3.05) is 39.4 Å². The molecular weight excluding hydrogens is 322 g/mol. The maximum atomic E-state index is 12.3. The summed E-state index contributed by atoms with van der Waals surface area (Å²) in [7, 11) is -3.77. The first kappa shape index (κ1) is 19.5. The van der Waals surface area contributed by atoms with Crippen molar-refractivity contribution in [2.45, 2.75) is 32.9 Å². The molecule has 9 nitrogen and oxygen atoms in total. The Hall–Kier alpha value is -1.52. The van der Waals surface area contributed by atoms with Crippen LogP contribution in [0.3, 0.4) is 0 Å². The number of hydrogen-bond acceptors (Lipinski definition) is 6. The van der Waals surface area contributed by atoms with Gasteiger partial charge in [-0.1, -0.05) is 13.8 Å². The predicted octanol–water partition coefficient (Wildman–Crippen LogP) is 0.635. The highest BCUT2D eigenvalue weighted by atomic mass is 32.2. The summed E-state index contributed by atoms with van der Waals surface area (Å²) in [6, 6.07) is -0.430. The van der Waals surface area contributed by atoms with Gasteiger partial charge >= 0.3 is 6.03 Å². The normalized spacial score (nSPS) is 11.9. The largest absolute Gasteiger partial charge is 0.380 e. The molecular formula is C13H25N5O4S. The maximum Gasteiger partial charge on any atom is 0.346 e. The van der Waals surface area contributed by atoms with Gasteiger partial charge in [0.25, 0.3) is 15.2 Å². The first-order chi connectivity index (χ1) is 10.9. The van der Waals surface area contributed by atoms with Crippen LogP contribution in [0.5, 0.6) is 0 Å². The number of likely N-dealkylation sites (N-methyl/N-ethyl adjacent to an activating group) is 1. The Morgan fingerprint density at radius 3 is 2.39 bits per heavy atom. The van der Waals surface area contributed by atoms with E-state index in [9.17, 15) is 13.2 Å². The van der Waals surface area contributed by atoms with Crippen molar-refractivity contribution < 1.29 is 17.9 Å². The molecule has 0 saturated heterocycles. The molecule has 0 aromatic carbocycles. The lowest BCUT2D eigenvalue weighted by molar-refractivity contribution is 0.120. The van der Waals surface area contributed by atoms with Gasteiger partial charge in [0.1, 0.15) is 6.33 Å².